The van der Waals surface area contributed by atoms with Gasteiger partial charge in [-0.05, 0) is 29.8 Å². The van der Waals surface area contributed by atoms with Gasteiger partial charge in [0.1, 0.15) is 23.3 Å². The van der Waals surface area contributed by atoms with Gasteiger partial charge in [-0.15, -0.1) is 0 Å². The van der Waals surface area contributed by atoms with Gasteiger partial charge in [0.15, 0.2) is 11.6 Å². The summed E-state index contributed by atoms with van der Waals surface area (Å²) in [4.78, 5) is 20.3. The second-order valence-electron chi connectivity index (χ2n) is 7.47. The van der Waals surface area contributed by atoms with Gasteiger partial charge in [-0.2, -0.15) is 19.7 Å². The molecule has 0 saturated carbocycles. The first-order valence-corrected chi connectivity index (χ1v) is 9.72. The second-order valence-corrected chi connectivity index (χ2v) is 7.47. The Hall–Kier alpha value is -4.42. The molecule has 2 aromatic heterocycles. The molecule has 5 N–H and O–H groups in total. The molecule has 0 atom stereocenters. The number of hydrogen-bond acceptors (Lipinski definition) is 6. The van der Waals surface area contributed by atoms with Crippen molar-refractivity contribution in [1.82, 2.24) is 24.6 Å². The Bertz CT molecular complexity index is 1420. The van der Waals surface area contributed by atoms with Gasteiger partial charge >= 0.3 is 6.09 Å². The Balaban J connectivity index is 1.83. The van der Waals surface area contributed by atoms with Gasteiger partial charge in [0, 0.05) is 24.9 Å². The van der Waals surface area contributed by atoms with Crippen molar-refractivity contribution in [3.8, 4) is 5.95 Å². The van der Waals surface area contributed by atoms with Crippen molar-refractivity contribution in [3.63, 3.8) is 0 Å². The fourth-order valence-corrected chi connectivity index (χ4v) is 3.42. The molecule has 0 saturated heterocycles. The molecule has 4 aromatic rings. The molecule has 176 valence electrons. The molecule has 2 heterocycles. The third-order valence-electron chi connectivity index (χ3n) is 5.12. The number of aromatic nitrogens is 4. The average Bonchev–Trinajstić information content (AvgIpc) is 3.11. The van der Waals surface area contributed by atoms with Gasteiger partial charge in [0.25, 0.3) is 5.95 Å². The fraction of sp³-hybridized carbons (Fsp3) is 0.143. The van der Waals surface area contributed by atoms with Crippen molar-refractivity contribution in [1.29, 1.82) is 0 Å². The zero-order chi connectivity index (χ0) is 24.7. The van der Waals surface area contributed by atoms with Crippen molar-refractivity contribution in [3.05, 3.63) is 70.4 Å². The highest BCUT2D eigenvalue weighted by Crippen LogP contribution is 2.27. The summed E-state index contributed by atoms with van der Waals surface area (Å²) in [5, 5.41) is 13.6. The highest BCUT2D eigenvalue weighted by atomic mass is 19.2. The van der Waals surface area contributed by atoms with E-state index in [2.05, 4.69) is 15.1 Å². The molecule has 0 bridgehead atoms. The van der Waals surface area contributed by atoms with Crippen LogP contribution in [-0.4, -0.2) is 42.9 Å². The van der Waals surface area contributed by atoms with Gasteiger partial charge in [-0.25, -0.2) is 22.4 Å². The van der Waals surface area contributed by atoms with E-state index in [0.717, 1.165) is 23.1 Å². The number of rotatable bonds is 5. The smallest absolute Gasteiger partial charge is 0.407 e. The van der Waals surface area contributed by atoms with Crippen LogP contribution in [0.2, 0.25) is 0 Å². The molecule has 1 amide bonds. The van der Waals surface area contributed by atoms with Gasteiger partial charge in [0.2, 0.25) is 0 Å². The molecule has 34 heavy (non-hydrogen) atoms. The molecular weight excluding hydrogens is 458 g/mol. The number of carboxylic acid groups (broad SMARTS) is 1. The quantitative estimate of drug-likeness (QED) is 0.298. The van der Waals surface area contributed by atoms with E-state index in [1.807, 2.05) is 0 Å². The lowest BCUT2D eigenvalue weighted by molar-refractivity contribution is 0.154. The minimum Gasteiger partial charge on any atom is -0.465 e. The van der Waals surface area contributed by atoms with Crippen LogP contribution in [0.25, 0.3) is 16.9 Å². The van der Waals surface area contributed by atoms with Crippen LogP contribution >= 0.6 is 0 Å². The molecule has 0 aliphatic carbocycles. The number of nitrogens with two attached hydrogens (primary N) is 2. The van der Waals surface area contributed by atoms with E-state index in [9.17, 15) is 22.4 Å². The molecule has 0 unspecified atom stereocenters. The summed E-state index contributed by atoms with van der Waals surface area (Å²) in [5.41, 5.74) is 12.2. The third-order valence-corrected chi connectivity index (χ3v) is 5.12. The number of hydrogen-bond donors (Lipinski definition) is 3. The van der Waals surface area contributed by atoms with Crippen molar-refractivity contribution < 1.29 is 27.5 Å². The molecule has 2 aromatic carbocycles. The van der Waals surface area contributed by atoms with E-state index >= 15 is 0 Å². The predicted molar refractivity (Wildman–Crippen MR) is 114 cm³/mol. The number of carbonyl (C=O) groups is 1. The van der Waals surface area contributed by atoms with Gasteiger partial charge in [-0.3, -0.25) is 0 Å². The number of benzene rings is 2. The summed E-state index contributed by atoms with van der Waals surface area (Å²) >= 11 is 0. The van der Waals surface area contributed by atoms with Crippen LogP contribution in [-0.2, 0) is 13.0 Å². The number of nitrogen functional groups attached to an aromatic ring is 2. The standard InChI is InChI=1S/C21H17F4N7O2/c1-31(21(33)34)8-13-18(26)28-20(29-19(13)27)32-16-3-2-10(22)6-12(16)15(30-32)5-9-4-11(23)7-14(24)17(9)25/h2-4,6-7H,5,8H2,1H3,(H,33,34)(H4,26,27,28,29). The Kier molecular flexibility index (Phi) is 5.69. The topological polar surface area (TPSA) is 136 Å². The minimum absolute atomic E-state index is 0.0915. The summed E-state index contributed by atoms with van der Waals surface area (Å²) < 4.78 is 56.7. The lowest BCUT2D eigenvalue weighted by Crippen LogP contribution is -2.26. The molecule has 0 fully saturated rings. The van der Waals surface area contributed by atoms with E-state index in [4.69, 9.17) is 16.6 Å². The summed E-state index contributed by atoms with van der Waals surface area (Å²) in [5.74, 6) is -4.55. The number of fused-ring (bicyclic) bond motifs is 1. The van der Waals surface area contributed by atoms with E-state index in [-0.39, 0.29) is 52.8 Å². The van der Waals surface area contributed by atoms with Crippen molar-refractivity contribution in [2.75, 3.05) is 18.5 Å². The Morgan fingerprint density at radius 3 is 2.38 bits per heavy atom. The summed E-state index contributed by atoms with van der Waals surface area (Å²) in [7, 11) is 1.31. The lowest BCUT2D eigenvalue weighted by Gasteiger charge is -2.16. The van der Waals surface area contributed by atoms with Crippen LogP contribution in [0, 0.1) is 23.3 Å². The average molecular weight is 475 g/mol. The largest absolute Gasteiger partial charge is 0.465 e. The third kappa shape index (κ3) is 4.14. The second kappa shape index (κ2) is 8.50. The van der Waals surface area contributed by atoms with Crippen molar-refractivity contribution in [2.24, 2.45) is 0 Å². The molecule has 4 rings (SSSR count). The molecule has 0 spiro atoms. The van der Waals surface area contributed by atoms with E-state index in [1.54, 1.807) is 0 Å². The van der Waals surface area contributed by atoms with Crippen molar-refractivity contribution >= 4 is 28.6 Å². The van der Waals surface area contributed by atoms with Crippen LogP contribution < -0.4 is 11.5 Å². The maximum Gasteiger partial charge on any atom is 0.407 e. The Morgan fingerprint density at radius 2 is 1.74 bits per heavy atom. The number of halogens is 4. The Morgan fingerprint density at radius 1 is 1.06 bits per heavy atom. The van der Waals surface area contributed by atoms with Gasteiger partial charge in [-0.1, -0.05) is 0 Å². The van der Waals surface area contributed by atoms with Crippen LogP contribution in [0.1, 0.15) is 16.8 Å². The summed E-state index contributed by atoms with van der Waals surface area (Å²) in [6, 6.07) is 4.88. The SMILES string of the molecule is CN(Cc1c(N)nc(-n2nc(Cc3cc(F)cc(F)c3F)c3cc(F)ccc32)nc1N)C(=O)O. The summed E-state index contributed by atoms with van der Waals surface area (Å²) in [6.07, 6.45) is -1.58. The zero-order valence-electron chi connectivity index (χ0n) is 17.6. The lowest BCUT2D eigenvalue weighted by atomic mass is 10.1. The normalized spacial score (nSPS) is 11.2. The molecule has 13 heteroatoms. The first kappa shape index (κ1) is 22.8. The summed E-state index contributed by atoms with van der Waals surface area (Å²) in [6.45, 7) is -0.173. The highest BCUT2D eigenvalue weighted by molar-refractivity contribution is 5.83. The van der Waals surface area contributed by atoms with Crippen LogP contribution in [0.5, 0.6) is 0 Å². The van der Waals surface area contributed by atoms with Crippen LogP contribution in [0.15, 0.2) is 30.3 Å². The number of amides is 1. The Labute approximate surface area is 189 Å². The highest BCUT2D eigenvalue weighted by Gasteiger charge is 2.21. The number of nitrogens with zero attached hydrogens (tertiary/aromatic N) is 5. The molecule has 0 aliphatic heterocycles. The van der Waals surface area contributed by atoms with Gasteiger partial charge in [0.05, 0.1) is 23.3 Å². The van der Waals surface area contributed by atoms with E-state index in [1.165, 1.54) is 17.8 Å². The molecule has 9 nitrogen and oxygen atoms in total. The van der Waals surface area contributed by atoms with E-state index in [0.29, 0.717) is 11.6 Å². The van der Waals surface area contributed by atoms with Crippen LogP contribution in [0.4, 0.5) is 34.0 Å². The van der Waals surface area contributed by atoms with Gasteiger partial charge < -0.3 is 21.5 Å². The van der Waals surface area contributed by atoms with Crippen LogP contribution in [0.3, 0.4) is 0 Å². The van der Waals surface area contributed by atoms with Crippen molar-refractivity contribution in [2.45, 2.75) is 13.0 Å². The maximum atomic E-state index is 14.2. The first-order chi connectivity index (χ1) is 16.0. The predicted octanol–water partition coefficient (Wildman–Crippen LogP) is 3.24. The van der Waals surface area contributed by atoms with E-state index < -0.39 is 29.4 Å². The monoisotopic (exact) mass is 475 g/mol. The first-order valence-electron chi connectivity index (χ1n) is 9.72. The number of anilines is 2. The maximum absolute atomic E-state index is 14.2. The molecule has 0 aliphatic rings. The fourth-order valence-electron chi connectivity index (χ4n) is 3.42. The minimum atomic E-state index is -1.37. The zero-order valence-corrected chi connectivity index (χ0v) is 17.6. The molecule has 0 radical (unpaired) electrons. The molecular formula is C21H17F4N7O2.